The van der Waals surface area contributed by atoms with E-state index in [0.29, 0.717) is 5.56 Å². The predicted molar refractivity (Wildman–Crippen MR) is 87.9 cm³/mol. The third-order valence-electron chi connectivity index (χ3n) is 4.09. The van der Waals surface area contributed by atoms with Crippen molar-refractivity contribution < 1.29 is 14.3 Å². The summed E-state index contributed by atoms with van der Waals surface area (Å²) in [5.74, 6) is -0.430. The quantitative estimate of drug-likeness (QED) is 0.864. The van der Waals surface area contributed by atoms with Crippen LogP contribution in [0.1, 0.15) is 23.2 Å². The minimum atomic E-state index is -0.559. The summed E-state index contributed by atoms with van der Waals surface area (Å²) in [7, 11) is 1.35. The lowest BCUT2D eigenvalue weighted by Crippen LogP contribution is -2.43. The summed E-state index contributed by atoms with van der Waals surface area (Å²) >= 11 is 0. The first-order valence-electron chi connectivity index (χ1n) is 7.74. The SMILES string of the molecule is COC(=O)C(NC(=O)c1ccccc1-c1ccccc1)C1CC1. The highest BCUT2D eigenvalue weighted by Crippen LogP contribution is 2.33. The molecule has 0 radical (unpaired) electrons. The van der Waals surface area contributed by atoms with Gasteiger partial charge < -0.3 is 10.1 Å². The number of esters is 1. The van der Waals surface area contributed by atoms with Gasteiger partial charge in [0.15, 0.2) is 0 Å². The lowest BCUT2D eigenvalue weighted by molar-refractivity contribution is -0.143. The molecular formula is C19H19NO3. The zero-order valence-electron chi connectivity index (χ0n) is 13.0. The molecule has 4 heteroatoms. The number of methoxy groups -OCH3 is 1. The van der Waals surface area contributed by atoms with E-state index < -0.39 is 6.04 Å². The molecular weight excluding hydrogens is 290 g/mol. The standard InChI is InChI=1S/C19H19NO3/c1-23-19(22)17(14-11-12-14)20-18(21)16-10-6-5-9-15(16)13-7-3-2-4-8-13/h2-10,14,17H,11-12H2,1H3,(H,20,21). The van der Waals surface area contributed by atoms with E-state index in [4.69, 9.17) is 4.74 Å². The first-order chi connectivity index (χ1) is 11.2. The van der Waals surface area contributed by atoms with E-state index in [1.807, 2.05) is 48.5 Å². The van der Waals surface area contributed by atoms with E-state index in [0.717, 1.165) is 24.0 Å². The molecule has 1 fully saturated rings. The largest absolute Gasteiger partial charge is 0.467 e. The van der Waals surface area contributed by atoms with Gasteiger partial charge in [0.1, 0.15) is 6.04 Å². The second kappa shape index (κ2) is 6.65. The molecule has 0 bridgehead atoms. The summed E-state index contributed by atoms with van der Waals surface area (Å²) < 4.78 is 4.81. The van der Waals surface area contributed by atoms with E-state index in [1.54, 1.807) is 6.07 Å². The van der Waals surface area contributed by atoms with Crippen LogP contribution in [0.2, 0.25) is 0 Å². The van der Waals surface area contributed by atoms with Crippen molar-refractivity contribution >= 4 is 11.9 Å². The van der Waals surface area contributed by atoms with Crippen LogP contribution in [0.5, 0.6) is 0 Å². The molecule has 3 rings (SSSR count). The molecule has 0 spiro atoms. The average Bonchev–Trinajstić information content (AvgIpc) is 3.44. The fraction of sp³-hybridized carbons (Fsp3) is 0.263. The lowest BCUT2D eigenvalue weighted by Gasteiger charge is -2.17. The van der Waals surface area contributed by atoms with Gasteiger partial charge in [-0.3, -0.25) is 4.79 Å². The Bertz CT molecular complexity index is 708. The fourth-order valence-corrected chi connectivity index (χ4v) is 2.70. The Labute approximate surface area is 135 Å². The molecule has 1 aliphatic rings. The van der Waals surface area contributed by atoms with Gasteiger partial charge in [0, 0.05) is 5.56 Å². The molecule has 1 N–H and O–H groups in total. The zero-order valence-corrected chi connectivity index (χ0v) is 13.0. The Balaban J connectivity index is 1.87. The first kappa shape index (κ1) is 15.3. The van der Waals surface area contributed by atoms with Gasteiger partial charge in [-0.1, -0.05) is 48.5 Å². The maximum absolute atomic E-state index is 12.7. The molecule has 1 saturated carbocycles. The highest BCUT2D eigenvalue weighted by molar-refractivity contribution is 6.02. The molecule has 118 valence electrons. The van der Waals surface area contributed by atoms with Crippen molar-refractivity contribution in [3.8, 4) is 11.1 Å². The topological polar surface area (TPSA) is 55.4 Å². The normalized spacial score (nSPS) is 14.8. The molecule has 0 aliphatic heterocycles. The molecule has 1 unspecified atom stereocenters. The van der Waals surface area contributed by atoms with Crippen molar-refractivity contribution in [1.29, 1.82) is 0 Å². The van der Waals surface area contributed by atoms with Gasteiger partial charge in [0.2, 0.25) is 0 Å². The summed E-state index contributed by atoms with van der Waals surface area (Å²) in [6, 6.07) is 16.6. The van der Waals surface area contributed by atoms with E-state index in [2.05, 4.69) is 5.32 Å². The van der Waals surface area contributed by atoms with Crippen molar-refractivity contribution in [3.05, 3.63) is 60.2 Å². The van der Waals surface area contributed by atoms with Crippen LogP contribution < -0.4 is 5.32 Å². The van der Waals surface area contributed by atoms with Gasteiger partial charge in [-0.05, 0) is 36.0 Å². The molecule has 23 heavy (non-hydrogen) atoms. The molecule has 4 nitrogen and oxygen atoms in total. The number of hydrogen-bond donors (Lipinski definition) is 1. The van der Waals surface area contributed by atoms with Gasteiger partial charge in [-0.15, -0.1) is 0 Å². The second-order valence-electron chi connectivity index (χ2n) is 5.72. The van der Waals surface area contributed by atoms with E-state index in [1.165, 1.54) is 7.11 Å². The lowest BCUT2D eigenvalue weighted by atomic mass is 9.99. The van der Waals surface area contributed by atoms with Crippen LogP contribution in [0.15, 0.2) is 54.6 Å². The summed E-state index contributed by atoms with van der Waals surface area (Å²) in [5, 5.41) is 2.84. The van der Waals surface area contributed by atoms with Crippen LogP contribution in [-0.4, -0.2) is 25.0 Å². The fourth-order valence-electron chi connectivity index (χ4n) is 2.70. The van der Waals surface area contributed by atoms with Crippen LogP contribution >= 0.6 is 0 Å². The number of benzene rings is 2. The monoisotopic (exact) mass is 309 g/mol. The number of hydrogen-bond acceptors (Lipinski definition) is 3. The number of rotatable bonds is 5. The second-order valence-corrected chi connectivity index (χ2v) is 5.72. The minimum Gasteiger partial charge on any atom is -0.467 e. The summed E-state index contributed by atoms with van der Waals surface area (Å²) in [4.78, 5) is 24.6. The van der Waals surface area contributed by atoms with Gasteiger partial charge in [-0.25, -0.2) is 4.79 Å². The van der Waals surface area contributed by atoms with Crippen LogP contribution in [0.3, 0.4) is 0 Å². The number of carbonyl (C=O) groups is 2. The zero-order chi connectivity index (χ0) is 16.2. The Kier molecular flexibility index (Phi) is 4.42. The van der Waals surface area contributed by atoms with Gasteiger partial charge in [0.05, 0.1) is 7.11 Å². The molecule has 1 aliphatic carbocycles. The Morgan fingerprint density at radius 2 is 1.70 bits per heavy atom. The third-order valence-corrected chi connectivity index (χ3v) is 4.09. The minimum absolute atomic E-state index is 0.190. The number of nitrogens with one attached hydrogen (secondary N) is 1. The molecule has 0 aromatic heterocycles. The molecule has 0 saturated heterocycles. The first-order valence-corrected chi connectivity index (χ1v) is 7.74. The maximum Gasteiger partial charge on any atom is 0.328 e. The van der Waals surface area contributed by atoms with Gasteiger partial charge in [-0.2, -0.15) is 0 Å². The van der Waals surface area contributed by atoms with Crippen molar-refractivity contribution in [3.63, 3.8) is 0 Å². The smallest absolute Gasteiger partial charge is 0.328 e. The van der Waals surface area contributed by atoms with Crippen LogP contribution in [0.25, 0.3) is 11.1 Å². The predicted octanol–water partition coefficient (Wildman–Crippen LogP) is 3.04. The number of carbonyl (C=O) groups excluding carboxylic acids is 2. The van der Waals surface area contributed by atoms with Crippen molar-refractivity contribution in [2.75, 3.05) is 7.11 Å². The average molecular weight is 309 g/mol. The molecule has 1 amide bonds. The Hall–Kier alpha value is -2.62. The van der Waals surface area contributed by atoms with Gasteiger partial charge in [0.25, 0.3) is 5.91 Å². The van der Waals surface area contributed by atoms with Crippen molar-refractivity contribution in [2.24, 2.45) is 5.92 Å². The third kappa shape index (κ3) is 3.42. The highest BCUT2D eigenvalue weighted by atomic mass is 16.5. The summed E-state index contributed by atoms with van der Waals surface area (Å²) in [5.41, 5.74) is 2.39. The van der Waals surface area contributed by atoms with Crippen molar-refractivity contribution in [1.82, 2.24) is 5.32 Å². The van der Waals surface area contributed by atoms with Crippen LogP contribution in [0, 0.1) is 5.92 Å². The molecule has 1 atom stereocenters. The number of amides is 1. The highest BCUT2D eigenvalue weighted by Gasteiger charge is 2.38. The maximum atomic E-state index is 12.7. The Morgan fingerprint density at radius 3 is 2.35 bits per heavy atom. The van der Waals surface area contributed by atoms with Crippen LogP contribution in [0.4, 0.5) is 0 Å². The molecule has 2 aromatic rings. The summed E-state index contributed by atoms with van der Waals surface area (Å²) in [6.07, 6.45) is 1.89. The molecule has 0 heterocycles. The van der Waals surface area contributed by atoms with Gasteiger partial charge >= 0.3 is 5.97 Å². The van der Waals surface area contributed by atoms with E-state index >= 15 is 0 Å². The van der Waals surface area contributed by atoms with Crippen LogP contribution in [-0.2, 0) is 9.53 Å². The number of ether oxygens (including phenoxy) is 1. The van der Waals surface area contributed by atoms with E-state index in [-0.39, 0.29) is 17.8 Å². The van der Waals surface area contributed by atoms with E-state index in [9.17, 15) is 9.59 Å². The van der Waals surface area contributed by atoms with Crippen molar-refractivity contribution in [2.45, 2.75) is 18.9 Å². The Morgan fingerprint density at radius 1 is 1.04 bits per heavy atom. The summed E-state index contributed by atoms with van der Waals surface area (Å²) in [6.45, 7) is 0. The molecule has 2 aromatic carbocycles.